The monoisotopic (exact) mass is 507 g/mol. The Labute approximate surface area is 214 Å². The first kappa shape index (κ1) is 24.7. The first-order valence-electron chi connectivity index (χ1n) is 11.4. The van der Waals surface area contributed by atoms with Gasteiger partial charge >= 0.3 is 0 Å². The molecule has 8 heteroatoms. The first-order valence-corrected chi connectivity index (χ1v) is 12.2. The van der Waals surface area contributed by atoms with E-state index in [2.05, 4.69) is 41.6 Å². The number of carbonyl (C=O) groups is 1. The second-order valence-corrected chi connectivity index (χ2v) is 8.94. The lowest BCUT2D eigenvalue weighted by Gasteiger charge is -2.11. The molecule has 35 heavy (non-hydrogen) atoms. The molecule has 6 nitrogen and oxygen atoms in total. The Balaban J connectivity index is 1.46. The largest absolute Gasteiger partial charge is 0.492 e. The number of thiocarbonyl (C=S) groups is 1. The van der Waals surface area contributed by atoms with E-state index in [1.165, 1.54) is 5.56 Å². The highest BCUT2D eigenvalue weighted by atomic mass is 35.5. The molecule has 0 radical (unpaired) electrons. The van der Waals surface area contributed by atoms with Crippen LogP contribution >= 0.6 is 23.8 Å². The third-order valence-corrected chi connectivity index (χ3v) is 6.18. The molecule has 0 aliphatic rings. The van der Waals surface area contributed by atoms with Crippen LogP contribution in [0.1, 0.15) is 49.0 Å². The van der Waals surface area contributed by atoms with Crippen LogP contribution in [0.15, 0.2) is 65.1 Å². The highest BCUT2D eigenvalue weighted by Crippen LogP contribution is 2.29. The van der Waals surface area contributed by atoms with Crippen molar-refractivity contribution >= 4 is 51.6 Å². The van der Waals surface area contributed by atoms with Gasteiger partial charge in [-0.1, -0.05) is 37.6 Å². The number of fused-ring (bicyclic) bond motifs is 1. The Morgan fingerprint density at radius 2 is 1.97 bits per heavy atom. The molecule has 0 spiro atoms. The fourth-order valence-corrected chi connectivity index (χ4v) is 4.04. The predicted molar refractivity (Wildman–Crippen MR) is 144 cm³/mol. The number of carbonyl (C=O) groups excluding carboxylic acids is 1. The van der Waals surface area contributed by atoms with Crippen molar-refractivity contribution in [3.8, 4) is 17.2 Å². The fourth-order valence-electron chi connectivity index (χ4n) is 3.59. The van der Waals surface area contributed by atoms with Gasteiger partial charge in [0.2, 0.25) is 5.89 Å². The Hall–Kier alpha value is -3.42. The van der Waals surface area contributed by atoms with E-state index in [4.69, 9.17) is 33.0 Å². The van der Waals surface area contributed by atoms with Crippen LogP contribution in [0.5, 0.6) is 5.75 Å². The van der Waals surface area contributed by atoms with Crippen molar-refractivity contribution in [1.29, 1.82) is 0 Å². The minimum Gasteiger partial charge on any atom is -0.492 e. The van der Waals surface area contributed by atoms with Crippen molar-refractivity contribution in [1.82, 2.24) is 10.3 Å². The zero-order chi connectivity index (χ0) is 24.9. The number of oxazole rings is 1. The molecule has 1 heterocycles. The van der Waals surface area contributed by atoms with Crippen LogP contribution in [0.4, 0.5) is 5.69 Å². The number of rotatable bonds is 7. The molecule has 4 rings (SSSR count). The van der Waals surface area contributed by atoms with Gasteiger partial charge in [0.05, 0.1) is 11.6 Å². The van der Waals surface area contributed by atoms with E-state index in [9.17, 15) is 4.79 Å². The summed E-state index contributed by atoms with van der Waals surface area (Å²) >= 11 is 11.5. The maximum absolute atomic E-state index is 12.6. The second-order valence-electron chi connectivity index (χ2n) is 8.12. The summed E-state index contributed by atoms with van der Waals surface area (Å²) in [6, 6.07) is 18.5. The van der Waals surface area contributed by atoms with Gasteiger partial charge in [-0.25, -0.2) is 4.98 Å². The number of amides is 1. The zero-order valence-corrected chi connectivity index (χ0v) is 21.3. The molecule has 0 aliphatic carbocycles. The van der Waals surface area contributed by atoms with Crippen molar-refractivity contribution in [2.24, 2.45) is 0 Å². The van der Waals surface area contributed by atoms with E-state index >= 15 is 0 Å². The topological polar surface area (TPSA) is 76.4 Å². The highest BCUT2D eigenvalue weighted by molar-refractivity contribution is 7.80. The molecular formula is C27H26ClN3O3S. The average Bonchev–Trinajstić information content (AvgIpc) is 3.28. The SMILES string of the molecule is CCOc1ccc(C(=O)NC(=S)Nc2cccc(-c3nc4cc([C@H](C)CC)ccc4o3)c2)cc1Cl. The Morgan fingerprint density at radius 1 is 1.14 bits per heavy atom. The molecule has 1 atom stereocenters. The van der Waals surface area contributed by atoms with Crippen LogP contribution < -0.4 is 15.4 Å². The van der Waals surface area contributed by atoms with Crippen LogP contribution in [0, 0.1) is 0 Å². The Morgan fingerprint density at radius 3 is 2.71 bits per heavy atom. The smallest absolute Gasteiger partial charge is 0.257 e. The lowest BCUT2D eigenvalue weighted by molar-refractivity contribution is 0.0977. The van der Waals surface area contributed by atoms with E-state index in [1.807, 2.05) is 37.3 Å². The van der Waals surface area contributed by atoms with Gasteiger partial charge in [0.15, 0.2) is 10.7 Å². The van der Waals surface area contributed by atoms with Gasteiger partial charge < -0.3 is 14.5 Å². The lowest BCUT2D eigenvalue weighted by atomic mass is 9.98. The lowest BCUT2D eigenvalue weighted by Crippen LogP contribution is -2.34. The summed E-state index contributed by atoms with van der Waals surface area (Å²) in [6.45, 7) is 6.72. The molecule has 0 bridgehead atoms. The summed E-state index contributed by atoms with van der Waals surface area (Å²) in [7, 11) is 0. The molecule has 0 fully saturated rings. The van der Waals surface area contributed by atoms with Crippen molar-refractivity contribution in [3.05, 3.63) is 76.8 Å². The minimum absolute atomic E-state index is 0.160. The van der Waals surface area contributed by atoms with E-state index in [0.29, 0.717) is 40.4 Å². The average molecular weight is 508 g/mol. The van der Waals surface area contributed by atoms with Gasteiger partial charge in [-0.2, -0.15) is 0 Å². The van der Waals surface area contributed by atoms with Crippen LogP contribution in [0.2, 0.25) is 5.02 Å². The second kappa shape index (κ2) is 10.9. The van der Waals surface area contributed by atoms with Crippen molar-refractivity contribution in [2.75, 3.05) is 11.9 Å². The molecule has 1 aromatic heterocycles. The number of anilines is 1. The first-order chi connectivity index (χ1) is 16.9. The standard InChI is InChI=1S/C27H26ClN3O3S/c1-4-16(3)17-9-12-24-22(15-17)30-26(34-24)19-7-6-8-20(13-19)29-27(35)31-25(32)18-10-11-23(33-5-2)21(28)14-18/h6-16H,4-5H2,1-3H3,(H2,29,31,32,35)/t16-/m1/s1. The van der Waals surface area contributed by atoms with Gasteiger partial charge in [0, 0.05) is 16.8 Å². The maximum Gasteiger partial charge on any atom is 0.257 e. The number of hydrogen-bond donors (Lipinski definition) is 2. The predicted octanol–water partition coefficient (Wildman–Crippen LogP) is 7.19. The molecule has 0 aliphatic heterocycles. The number of aromatic nitrogens is 1. The summed E-state index contributed by atoms with van der Waals surface area (Å²) in [5.41, 5.74) is 4.67. The van der Waals surface area contributed by atoms with Gasteiger partial charge in [0.25, 0.3) is 5.91 Å². The number of nitrogens with zero attached hydrogens (tertiary/aromatic N) is 1. The van der Waals surface area contributed by atoms with Crippen LogP contribution in [0.25, 0.3) is 22.6 Å². The Kier molecular flexibility index (Phi) is 7.68. The van der Waals surface area contributed by atoms with E-state index in [1.54, 1.807) is 18.2 Å². The van der Waals surface area contributed by atoms with Crippen molar-refractivity contribution in [2.45, 2.75) is 33.1 Å². The zero-order valence-electron chi connectivity index (χ0n) is 19.7. The third kappa shape index (κ3) is 5.81. The molecule has 4 aromatic rings. The molecule has 2 N–H and O–H groups in total. The van der Waals surface area contributed by atoms with Gasteiger partial charge in [-0.3, -0.25) is 10.1 Å². The third-order valence-electron chi connectivity index (χ3n) is 5.68. The molecule has 180 valence electrons. The highest BCUT2D eigenvalue weighted by Gasteiger charge is 2.13. The molecule has 0 unspecified atom stereocenters. The number of halogens is 1. The van der Waals surface area contributed by atoms with Crippen LogP contribution in [-0.2, 0) is 0 Å². The normalized spacial score (nSPS) is 11.8. The molecule has 0 saturated carbocycles. The number of hydrogen-bond acceptors (Lipinski definition) is 5. The molecule has 3 aromatic carbocycles. The summed E-state index contributed by atoms with van der Waals surface area (Å²) in [5.74, 6) is 1.13. The fraction of sp³-hybridized carbons (Fsp3) is 0.222. The van der Waals surface area contributed by atoms with Gasteiger partial charge in [-0.05, 0) is 85.6 Å². The summed E-state index contributed by atoms with van der Waals surface area (Å²) in [6.07, 6.45) is 1.06. The summed E-state index contributed by atoms with van der Waals surface area (Å²) in [4.78, 5) is 17.3. The van der Waals surface area contributed by atoms with E-state index in [-0.39, 0.29) is 11.0 Å². The Bertz CT molecular complexity index is 1390. The molecule has 1 amide bonds. The van der Waals surface area contributed by atoms with Gasteiger partial charge in [0.1, 0.15) is 11.3 Å². The minimum atomic E-state index is -0.375. The number of benzene rings is 3. The van der Waals surface area contributed by atoms with E-state index < -0.39 is 0 Å². The summed E-state index contributed by atoms with van der Waals surface area (Å²) in [5, 5.41) is 6.23. The van der Waals surface area contributed by atoms with Crippen molar-refractivity contribution < 1.29 is 13.9 Å². The maximum atomic E-state index is 12.6. The molecule has 0 saturated heterocycles. The van der Waals surface area contributed by atoms with Crippen LogP contribution in [0.3, 0.4) is 0 Å². The quantitative estimate of drug-likeness (QED) is 0.258. The number of ether oxygens (including phenoxy) is 1. The van der Waals surface area contributed by atoms with Crippen LogP contribution in [-0.4, -0.2) is 22.6 Å². The number of nitrogens with one attached hydrogen (secondary N) is 2. The summed E-state index contributed by atoms with van der Waals surface area (Å²) < 4.78 is 11.4. The van der Waals surface area contributed by atoms with Gasteiger partial charge in [-0.15, -0.1) is 0 Å². The van der Waals surface area contributed by atoms with E-state index in [0.717, 1.165) is 23.1 Å². The molecular weight excluding hydrogens is 482 g/mol. The van der Waals surface area contributed by atoms with Crippen molar-refractivity contribution in [3.63, 3.8) is 0 Å².